The first-order chi connectivity index (χ1) is 10.1. The minimum atomic E-state index is -0.0294. The monoisotopic (exact) mass is 299 g/mol. The Labute approximate surface area is 132 Å². The minimum absolute atomic E-state index is 0.0294. The van der Waals surface area contributed by atoms with Crippen LogP contribution in [0.5, 0.6) is 0 Å². The minimum Gasteiger partial charge on any atom is -0.323 e. The fraction of sp³-hybridized carbons (Fsp3) is 0.368. The number of hydrogen-bond acceptors (Lipinski definition) is 1. The van der Waals surface area contributed by atoms with Crippen molar-refractivity contribution in [3.05, 3.63) is 69.2 Å². The molecule has 0 amide bonds. The summed E-state index contributed by atoms with van der Waals surface area (Å²) in [5.41, 5.74) is 13.0. The summed E-state index contributed by atoms with van der Waals surface area (Å²) in [6.07, 6.45) is 3.51. The van der Waals surface area contributed by atoms with E-state index in [0.717, 1.165) is 17.0 Å². The van der Waals surface area contributed by atoms with Crippen molar-refractivity contribution in [1.29, 1.82) is 0 Å². The van der Waals surface area contributed by atoms with Gasteiger partial charge in [-0.05, 0) is 67.0 Å². The van der Waals surface area contributed by atoms with Crippen molar-refractivity contribution in [2.24, 2.45) is 5.73 Å². The maximum atomic E-state index is 6.62. The van der Waals surface area contributed by atoms with Crippen molar-refractivity contribution >= 4 is 11.6 Å². The Bertz CT molecular complexity index is 663. The molecule has 0 fully saturated rings. The van der Waals surface area contributed by atoms with Gasteiger partial charge in [-0.2, -0.15) is 0 Å². The standard InChI is InChI=1S/C19H22ClN/c1-12-10-17(18(20)11-13(12)2)19(21)16-9-5-7-14-6-3-4-8-15(14)16/h3-4,6,8,10-11,16,19H,5,7,9,21H2,1-2H3. The third-order valence-electron chi connectivity index (χ3n) is 4.82. The molecule has 2 aromatic rings. The normalized spacial score (nSPS) is 19.1. The summed E-state index contributed by atoms with van der Waals surface area (Å²) < 4.78 is 0. The van der Waals surface area contributed by atoms with E-state index in [1.54, 1.807) is 0 Å². The molecule has 1 aliphatic carbocycles. The first-order valence-electron chi connectivity index (χ1n) is 7.68. The number of hydrogen-bond donors (Lipinski definition) is 1. The maximum absolute atomic E-state index is 6.62. The van der Waals surface area contributed by atoms with Crippen LogP contribution in [0.3, 0.4) is 0 Å². The zero-order valence-corrected chi connectivity index (χ0v) is 13.5. The summed E-state index contributed by atoms with van der Waals surface area (Å²) in [6.45, 7) is 4.21. The van der Waals surface area contributed by atoms with Gasteiger partial charge in [-0.1, -0.05) is 41.9 Å². The molecule has 0 spiro atoms. The lowest BCUT2D eigenvalue weighted by Gasteiger charge is -2.31. The van der Waals surface area contributed by atoms with Gasteiger partial charge in [0.2, 0.25) is 0 Å². The fourth-order valence-electron chi connectivity index (χ4n) is 3.44. The second kappa shape index (κ2) is 5.82. The van der Waals surface area contributed by atoms with Crippen molar-refractivity contribution in [3.8, 4) is 0 Å². The first-order valence-corrected chi connectivity index (χ1v) is 8.05. The number of halogens is 1. The van der Waals surface area contributed by atoms with E-state index in [1.165, 1.54) is 35.1 Å². The van der Waals surface area contributed by atoms with Crippen LogP contribution in [0.15, 0.2) is 36.4 Å². The molecule has 0 aromatic heterocycles. The van der Waals surface area contributed by atoms with Crippen LogP contribution >= 0.6 is 11.6 Å². The van der Waals surface area contributed by atoms with E-state index in [2.05, 4.69) is 44.2 Å². The Morgan fingerprint density at radius 1 is 1.14 bits per heavy atom. The molecule has 0 bridgehead atoms. The molecule has 0 saturated heterocycles. The van der Waals surface area contributed by atoms with Gasteiger partial charge in [0.1, 0.15) is 0 Å². The molecule has 1 aliphatic rings. The van der Waals surface area contributed by atoms with E-state index in [9.17, 15) is 0 Å². The quantitative estimate of drug-likeness (QED) is 0.822. The lowest BCUT2D eigenvalue weighted by atomic mass is 9.77. The predicted molar refractivity (Wildman–Crippen MR) is 90.0 cm³/mol. The molecule has 21 heavy (non-hydrogen) atoms. The Hall–Kier alpha value is -1.31. The smallest absolute Gasteiger partial charge is 0.0456 e. The highest BCUT2D eigenvalue weighted by Gasteiger charge is 2.27. The molecule has 2 atom stereocenters. The number of aryl methyl sites for hydroxylation is 3. The summed E-state index contributed by atoms with van der Waals surface area (Å²) >= 11 is 6.46. The zero-order valence-electron chi connectivity index (χ0n) is 12.7. The zero-order chi connectivity index (χ0) is 15.0. The van der Waals surface area contributed by atoms with Crippen LogP contribution in [0.4, 0.5) is 0 Å². The van der Waals surface area contributed by atoms with Gasteiger partial charge < -0.3 is 5.73 Å². The van der Waals surface area contributed by atoms with Gasteiger partial charge in [-0.3, -0.25) is 0 Å². The van der Waals surface area contributed by atoms with Crippen LogP contribution in [0.1, 0.15) is 52.6 Å². The van der Waals surface area contributed by atoms with Crippen LogP contribution in [-0.2, 0) is 6.42 Å². The molecule has 2 heteroatoms. The van der Waals surface area contributed by atoms with E-state index < -0.39 is 0 Å². The summed E-state index contributed by atoms with van der Waals surface area (Å²) in [5, 5.41) is 0.800. The van der Waals surface area contributed by atoms with Crippen LogP contribution in [-0.4, -0.2) is 0 Å². The third-order valence-corrected chi connectivity index (χ3v) is 5.15. The van der Waals surface area contributed by atoms with Gasteiger partial charge in [0, 0.05) is 17.0 Å². The van der Waals surface area contributed by atoms with Crippen molar-refractivity contribution in [1.82, 2.24) is 0 Å². The fourth-order valence-corrected chi connectivity index (χ4v) is 3.78. The molecule has 110 valence electrons. The van der Waals surface area contributed by atoms with Gasteiger partial charge in [-0.25, -0.2) is 0 Å². The average Bonchev–Trinajstić information content (AvgIpc) is 2.49. The van der Waals surface area contributed by atoms with E-state index in [0.29, 0.717) is 5.92 Å². The Morgan fingerprint density at radius 2 is 1.86 bits per heavy atom. The lowest BCUT2D eigenvalue weighted by Crippen LogP contribution is -2.24. The number of benzene rings is 2. The molecule has 0 heterocycles. The van der Waals surface area contributed by atoms with Gasteiger partial charge >= 0.3 is 0 Å². The largest absolute Gasteiger partial charge is 0.323 e. The maximum Gasteiger partial charge on any atom is 0.0456 e. The number of nitrogens with two attached hydrogens (primary N) is 1. The summed E-state index contributed by atoms with van der Waals surface area (Å²) in [5.74, 6) is 0.370. The molecule has 0 aliphatic heterocycles. The second-order valence-corrected chi connectivity index (χ2v) is 6.59. The van der Waals surface area contributed by atoms with Crippen LogP contribution in [0.25, 0.3) is 0 Å². The van der Waals surface area contributed by atoms with Crippen molar-refractivity contribution in [3.63, 3.8) is 0 Å². The van der Waals surface area contributed by atoms with Gasteiger partial charge in [0.25, 0.3) is 0 Å². The molecule has 0 radical (unpaired) electrons. The highest BCUT2D eigenvalue weighted by Crippen LogP contribution is 2.41. The summed E-state index contributed by atoms with van der Waals surface area (Å²) in [7, 11) is 0. The van der Waals surface area contributed by atoms with E-state index in [4.69, 9.17) is 17.3 Å². The van der Waals surface area contributed by atoms with E-state index >= 15 is 0 Å². The molecular weight excluding hydrogens is 278 g/mol. The van der Waals surface area contributed by atoms with Crippen molar-refractivity contribution < 1.29 is 0 Å². The number of rotatable bonds is 2. The van der Waals surface area contributed by atoms with Crippen LogP contribution in [0, 0.1) is 13.8 Å². The van der Waals surface area contributed by atoms with Gasteiger partial charge in [0.15, 0.2) is 0 Å². The van der Waals surface area contributed by atoms with Gasteiger partial charge in [0.05, 0.1) is 0 Å². The predicted octanol–water partition coefficient (Wildman–Crippen LogP) is 5.08. The second-order valence-electron chi connectivity index (χ2n) is 6.18. The highest BCUT2D eigenvalue weighted by molar-refractivity contribution is 6.31. The average molecular weight is 300 g/mol. The summed E-state index contributed by atoms with van der Waals surface area (Å²) in [6, 6.07) is 12.9. The topological polar surface area (TPSA) is 26.0 Å². The molecule has 2 unspecified atom stereocenters. The Kier molecular flexibility index (Phi) is 4.05. The Balaban J connectivity index is 2.00. The molecule has 2 N–H and O–H groups in total. The molecule has 3 rings (SSSR count). The van der Waals surface area contributed by atoms with Crippen LogP contribution < -0.4 is 5.73 Å². The molecule has 2 aromatic carbocycles. The number of fused-ring (bicyclic) bond motifs is 1. The third kappa shape index (κ3) is 2.73. The highest BCUT2D eigenvalue weighted by atomic mass is 35.5. The Morgan fingerprint density at radius 3 is 2.67 bits per heavy atom. The summed E-state index contributed by atoms with van der Waals surface area (Å²) in [4.78, 5) is 0. The molecule has 0 saturated carbocycles. The lowest BCUT2D eigenvalue weighted by molar-refractivity contribution is 0.474. The first kappa shape index (κ1) is 14.6. The van der Waals surface area contributed by atoms with E-state index in [-0.39, 0.29) is 6.04 Å². The van der Waals surface area contributed by atoms with Crippen molar-refractivity contribution in [2.45, 2.75) is 45.1 Å². The van der Waals surface area contributed by atoms with Crippen molar-refractivity contribution in [2.75, 3.05) is 0 Å². The SMILES string of the molecule is Cc1cc(Cl)c(C(N)C2CCCc3ccccc32)cc1C. The molecular formula is C19H22ClN. The molecule has 1 nitrogen and oxygen atoms in total. The van der Waals surface area contributed by atoms with Gasteiger partial charge in [-0.15, -0.1) is 0 Å². The van der Waals surface area contributed by atoms with Crippen LogP contribution in [0.2, 0.25) is 5.02 Å². The van der Waals surface area contributed by atoms with E-state index in [1.807, 2.05) is 6.07 Å².